The molecule has 1 atom stereocenters. The second kappa shape index (κ2) is 6.53. The number of aliphatic hydroxyl groups is 1. The average molecular weight is 353 g/mol. The third kappa shape index (κ3) is 3.62. The number of ether oxygens (including phenoxy) is 2. The Morgan fingerprint density at radius 2 is 1.56 bits per heavy atom. The van der Waals surface area contributed by atoms with E-state index >= 15 is 0 Å². The Balaban J connectivity index is 1.59. The molecule has 25 heavy (non-hydrogen) atoms. The van der Waals surface area contributed by atoms with Crippen molar-refractivity contribution in [3.63, 3.8) is 0 Å². The van der Waals surface area contributed by atoms with Crippen LogP contribution in [0, 0.1) is 28.6 Å². The summed E-state index contributed by atoms with van der Waals surface area (Å²) >= 11 is 0. The van der Waals surface area contributed by atoms with Crippen molar-refractivity contribution >= 4 is 5.97 Å². The van der Waals surface area contributed by atoms with Gasteiger partial charge in [0.25, 0.3) is 0 Å². The third-order valence-electron chi connectivity index (χ3n) is 7.54. The summed E-state index contributed by atoms with van der Waals surface area (Å²) < 4.78 is 11.4. The lowest BCUT2D eigenvalue weighted by molar-refractivity contribution is -0.260. The van der Waals surface area contributed by atoms with Crippen LogP contribution in [0.4, 0.5) is 0 Å². The Bertz CT molecular complexity index is 473. The number of hydrogen-bond acceptors (Lipinski definition) is 4. The SMILES string of the molecule is CCC(C)(C)C(=O)OCC(O)OC(C)(C)C12CC3CC(CC(C3)C1)C2. The fourth-order valence-corrected chi connectivity index (χ4v) is 5.83. The van der Waals surface area contributed by atoms with Gasteiger partial charge >= 0.3 is 5.97 Å². The summed E-state index contributed by atoms with van der Waals surface area (Å²) in [6, 6.07) is 0. The first kappa shape index (κ1) is 19.2. The molecule has 0 spiro atoms. The molecule has 0 aromatic carbocycles. The zero-order chi connectivity index (χ0) is 18.5. The van der Waals surface area contributed by atoms with Crippen molar-refractivity contribution in [1.29, 1.82) is 0 Å². The zero-order valence-corrected chi connectivity index (χ0v) is 16.6. The maximum absolute atomic E-state index is 12.1. The molecule has 4 rings (SSSR count). The number of rotatable bonds is 7. The minimum absolute atomic E-state index is 0.0853. The highest BCUT2D eigenvalue weighted by Gasteiger charge is 2.58. The lowest BCUT2D eigenvalue weighted by Gasteiger charge is -2.62. The lowest BCUT2D eigenvalue weighted by Crippen LogP contribution is -2.58. The minimum atomic E-state index is -1.06. The Labute approximate surface area is 152 Å². The van der Waals surface area contributed by atoms with E-state index in [2.05, 4.69) is 13.8 Å². The molecule has 1 N–H and O–H groups in total. The van der Waals surface area contributed by atoms with Gasteiger partial charge in [0, 0.05) is 0 Å². The van der Waals surface area contributed by atoms with Crippen molar-refractivity contribution in [2.24, 2.45) is 28.6 Å². The van der Waals surface area contributed by atoms with Gasteiger partial charge in [-0.1, -0.05) is 6.92 Å². The van der Waals surface area contributed by atoms with E-state index in [0.717, 1.165) is 17.8 Å². The van der Waals surface area contributed by atoms with Crippen molar-refractivity contribution in [3.05, 3.63) is 0 Å². The molecule has 144 valence electrons. The number of hydrogen-bond donors (Lipinski definition) is 1. The summed E-state index contributed by atoms with van der Waals surface area (Å²) in [7, 11) is 0. The number of carbonyl (C=O) groups is 1. The number of carbonyl (C=O) groups excluding carboxylic acids is 1. The van der Waals surface area contributed by atoms with E-state index in [0.29, 0.717) is 6.42 Å². The van der Waals surface area contributed by atoms with Crippen LogP contribution in [0.1, 0.15) is 79.6 Å². The standard InChI is InChI=1S/C21H36O4/c1-6-19(2,3)18(23)24-13-17(22)25-20(4,5)21-10-14-7-15(11-21)9-16(8-14)12-21/h14-17,22H,6-13H2,1-5H3. The van der Waals surface area contributed by atoms with Crippen LogP contribution in [0.2, 0.25) is 0 Å². The van der Waals surface area contributed by atoms with Gasteiger partial charge in [-0.15, -0.1) is 0 Å². The number of esters is 1. The van der Waals surface area contributed by atoms with Crippen LogP contribution >= 0.6 is 0 Å². The monoisotopic (exact) mass is 352 g/mol. The van der Waals surface area contributed by atoms with Gasteiger partial charge < -0.3 is 14.6 Å². The van der Waals surface area contributed by atoms with Gasteiger partial charge in [-0.3, -0.25) is 4.79 Å². The van der Waals surface area contributed by atoms with Crippen molar-refractivity contribution < 1.29 is 19.4 Å². The normalized spacial score (nSPS) is 35.7. The summed E-state index contributed by atoms with van der Waals surface area (Å²) in [6.45, 7) is 9.86. The largest absolute Gasteiger partial charge is 0.460 e. The molecule has 0 aromatic rings. The molecule has 1 unspecified atom stereocenters. The first-order valence-electron chi connectivity index (χ1n) is 10.1. The molecule has 4 saturated carbocycles. The predicted molar refractivity (Wildman–Crippen MR) is 96.8 cm³/mol. The van der Waals surface area contributed by atoms with Gasteiger partial charge in [0.05, 0.1) is 11.0 Å². The molecular weight excluding hydrogens is 316 g/mol. The highest BCUT2D eigenvalue weighted by atomic mass is 16.6. The Morgan fingerprint density at radius 3 is 2.00 bits per heavy atom. The van der Waals surface area contributed by atoms with Crippen molar-refractivity contribution in [2.45, 2.75) is 91.5 Å². The lowest BCUT2D eigenvalue weighted by atomic mass is 9.46. The maximum Gasteiger partial charge on any atom is 0.311 e. The van der Waals surface area contributed by atoms with E-state index in [9.17, 15) is 9.90 Å². The van der Waals surface area contributed by atoms with Gasteiger partial charge in [0.2, 0.25) is 0 Å². The van der Waals surface area contributed by atoms with Crippen LogP contribution in [-0.4, -0.2) is 29.6 Å². The molecule has 4 nitrogen and oxygen atoms in total. The van der Waals surface area contributed by atoms with Crippen molar-refractivity contribution in [1.82, 2.24) is 0 Å². The van der Waals surface area contributed by atoms with Crippen molar-refractivity contribution in [3.8, 4) is 0 Å². The van der Waals surface area contributed by atoms with Crippen molar-refractivity contribution in [2.75, 3.05) is 6.61 Å². The Kier molecular flexibility index (Phi) is 5.00. The topological polar surface area (TPSA) is 55.8 Å². The highest BCUT2D eigenvalue weighted by Crippen LogP contribution is 2.64. The predicted octanol–water partition coefficient (Wildman–Crippen LogP) is 4.30. The van der Waals surface area contributed by atoms with Gasteiger partial charge in [-0.25, -0.2) is 0 Å². The van der Waals surface area contributed by atoms with Crippen LogP contribution < -0.4 is 0 Å². The van der Waals surface area contributed by atoms with E-state index in [4.69, 9.17) is 9.47 Å². The molecule has 0 radical (unpaired) electrons. The fourth-order valence-electron chi connectivity index (χ4n) is 5.83. The second-order valence-corrected chi connectivity index (χ2v) is 10.1. The molecule has 4 bridgehead atoms. The molecule has 0 amide bonds. The van der Waals surface area contributed by atoms with Crippen LogP contribution in [0.15, 0.2) is 0 Å². The Hall–Kier alpha value is -0.610. The van der Waals surface area contributed by atoms with Crippen LogP contribution in [0.25, 0.3) is 0 Å². The summed E-state index contributed by atoms with van der Waals surface area (Å²) in [5, 5.41) is 10.4. The first-order valence-corrected chi connectivity index (χ1v) is 10.1. The number of aliphatic hydroxyl groups excluding tert-OH is 1. The van der Waals surface area contributed by atoms with E-state index in [1.165, 1.54) is 38.5 Å². The summed E-state index contributed by atoms with van der Waals surface area (Å²) in [5.41, 5.74) is -0.736. The molecule has 4 aliphatic carbocycles. The molecule has 0 aromatic heterocycles. The van der Waals surface area contributed by atoms with E-state index in [-0.39, 0.29) is 18.0 Å². The molecule has 0 saturated heterocycles. The maximum atomic E-state index is 12.1. The average Bonchev–Trinajstić information content (AvgIpc) is 2.50. The quantitative estimate of drug-likeness (QED) is 0.548. The van der Waals surface area contributed by atoms with E-state index in [1.807, 2.05) is 20.8 Å². The molecule has 0 aliphatic heterocycles. The summed E-state index contributed by atoms with van der Waals surface area (Å²) in [5.74, 6) is 2.25. The third-order valence-corrected chi connectivity index (χ3v) is 7.54. The highest BCUT2D eigenvalue weighted by molar-refractivity contribution is 5.75. The molecule has 4 aliphatic rings. The molecule has 4 fully saturated rings. The second-order valence-electron chi connectivity index (χ2n) is 10.1. The molecular formula is C21H36O4. The van der Waals surface area contributed by atoms with E-state index in [1.54, 1.807) is 0 Å². The summed E-state index contributed by atoms with van der Waals surface area (Å²) in [4.78, 5) is 12.1. The van der Waals surface area contributed by atoms with Crippen LogP contribution in [0.3, 0.4) is 0 Å². The van der Waals surface area contributed by atoms with Gasteiger partial charge in [0.1, 0.15) is 6.61 Å². The summed E-state index contributed by atoms with van der Waals surface area (Å²) in [6.07, 6.45) is 7.50. The van der Waals surface area contributed by atoms with Crippen LogP contribution in [0.5, 0.6) is 0 Å². The molecule has 0 heterocycles. The van der Waals surface area contributed by atoms with Gasteiger partial charge in [-0.2, -0.15) is 0 Å². The zero-order valence-electron chi connectivity index (χ0n) is 16.6. The van der Waals surface area contributed by atoms with Gasteiger partial charge in [-0.05, 0) is 95.8 Å². The van der Waals surface area contributed by atoms with Crippen LogP contribution in [-0.2, 0) is 14.3 Å². The minimum Gasteiger partial charge on any atom is -0.460 e. The van der Waals surface area contributed by atoms with E-state index < -0.39 is 17.3 Å². The molecule has 4 heteroatoms. The fraction of sp³-hybridized carbons (Fsp3) is 0.952. The smallest absolute Gasteiger partial charge is 0.311 e. The Morgan fingerprint density at radius 1 is 1.08 bits per heavy atom. The van der Waals surface area contributed by atoms with Gasteiger partial charge in [0.15, 0.2) is 6.29 Å². The first-order chi connectivity index (χ1) is 11.6.